The van der Waals surface area contributed by atoms with E-state index in [-0.39, 0.29) is 10.6 Å². The third-order valence-electron chi connectivity index (χ3n) is 1.95. The lowest BCUT2D eigenvalue weighted by Gasteiger charge is -2.05. The highest BCUT2D eigenvalue weighted by Gasteiger charge is 2.12. The summed E-state index contributed by atoms with van der Waals surface area (Å²) in [5.74, 6) is -1.05. The summed E-state index contributed by atoms with van der Waals surface area (Å²) in [6.45, 7) is 1.65. The molecule has 1 aromatic carbocycles. The fourth-order valence-corrected chi connectivity index (χ4v) is 1.31. The van der Waals surface area contributed by atoms with Crippen LogP contribution in [0.1, 0.15) is 15.9 Å². The normalized spacial score (nSPS) is 10.8. The Hall–Kier alpha value is -1.42. The molecule has 0 unspecified atom stereocenters. The quantitative estimate of drug-likeness (QED) is 0.590. The Bertz CT molecular complexity index is 444. The zero-order chi connectivity index (χ0) is 12.3. The van der Waals surface area contributed by atoms with Crippen molar-refractivity contribution in [3.63, 3.8) is 0 Å². The van der Waals surface area contributed by atoms with Gasteiger partial charge in [0.05, 0.1) is 6.34 Å². The molecule has 1 amide bonds. The highest BCUT2D eigenvalue weighted by Crippen LogP contribution is 2.21. The summed E-state index contributed by atoms with van der Waals surface area (Å²) in [7, 11) is 3.48. The van der Waals surface area contributed by atoms with Crippen LogP contribution in [-0.4, -0.2) is 31.2 Å². The number of halogens is 2. The minimum Gasteiger partial charge on any atom is -0.369 e. The molecule has 86 valence electrons. The lowest BCUT2D eigenvalue weighted by Crippen LogP contribution is -2.10. The van der Waals surface area contributed by atoms with E-state index in [4.69, 9.17) is 11.6 Å². The molecule has 0 aliphatic heterocycles. The highest BCUT2D eigenvalue weighted by atomic mass is 35.5. The van der Waals surface area contributed by atoms with E-state index in [0.717, 1.165) is 6.07 Å². The first-order valence-electron chi connectivity index (χ1n) is 4.62. The van der Waals surface area contributed by atoms with Crippen LogP contribution in [0.5, 0.6) is 0 Å². The van der Waals surface area contributed by atoms with Crippen molar-refractivity contribution >= 4 is 23.8 Å². The molecule has 0 atom stereocenters. The molecule has 16 heavy (non-hydrogen) atoms. The lowest BCUT2D eigenvalue weighted by molar-refractivity contribution is 0.100. The summed E-state index contributed by atoms with van der Waals surface area (Å²) in [5.41, 5.74) is 0.715. The van der Waals surface area contributed by atoms with Crippen LogP contribution in [0.4, 0.5) is 4.39 Å². The molecule has 1 aromatic rings. The molecule has 1 rings (SSSR count). The van der Waals surface area contributed by atoms with Crippen molar-refractivity contribution in [1.29, 1.82) is 0 Å². The number of carbonyl (C=O) groups is 1. The van der Waals surface area contributed by atoms with Gasteiger partial charge in [0.2, 0.25) is 0 Å². The van der Waals surface area contributed by atoms with Crippen molar-refractivity contribution < 1.29 is 9.18 Å². The molecule has 0 N–H and O–H groups in total. The molecule has 0 heterocycles. The number of hydrogen-bond acceptors (Lipinski definition) is 1. The van der Waals surface area contributed by atoms with Crippen LogP contribution < -0.4 is 0 Å². The molecule has 0 aliphatic rings. The molecule has 0 saturated heterocycles. The Balaban J connectivity index is 3.09. The Morgan fingerprint density at radius 3 is 2.69 bits per heavy atom. The number of hydrogen-bond donors (Lipinski definition) is 0. The maximum absolute atomic E-state index is 13.1. The van der Waals surface area contributed by atoms with Gasteiger partial charge in [-0.2, -0.15) is 4.99 Å². The molecule has 0 radical (unpaired) electrons. The Morgan fingerprint density at radius 2 is 2.12 bits per heavy atom. The topological polar surface area (TPSA) is 32.7 Å². The molecular weight excluding hydrogens is 231 g/mol. The van der Waals surface area contributed by atoms with E-state index in [9.17, 15) is 9.18 Å². The van der Waals surface area contributed by atoms with Crippen LogP contribution >= 0.6 is 11.6 Å². The minimum absolute atomic E-state index is 0.183. The Labute approximate surface area is 98.5 Å². The second-order valence-electron chi connectivity index (χ2n) is 3.57. The fraction of sp³-hybridized carbons (Fsp3) is 0.273. The minimum atomic E-state index is -0.543. The summed E-state index contributed by atoms with van der Waals surface area (Å²) in [6.07, 6.45) is 1.36. The molecular formula is C11H12ClFN2O. The van der Waals surface area contributed by atoms with Crippen LogP contribution in [-0.2, 0) is 0 Å². The zero-order valence-corrected chi connectivity index (χ0v) is 10.0. The summed E-state index contributed by atoms with van der Waals surface area (Å²) in [5, 5.41) is 0.225. The second kappa shape index (κ2) is 5.07. The monoisotopic (exact) mass is 242 g/mol. The zero-order valence-electron chi connectivity index (χ0n) is 9.29. The first kappa shape index (κ1) is 12.6. The van der Waals surface area contributed by atoms with E-state index < -0.39 is 11.7 Å². The van der Waals surface area contributed by atoms with Gasteiger partial charge in [0, 0.05) is 24.7 Å². The van der Waals surface area contributed by atoms with Gasteiger partial charge >= 0.3 is 0 Å². The molecule has 0 fully saturated rings. The van der Waals surface area contributed by atoms with Gasteiger partial charge < -0.3 is 4.90 Å². The maximum atomic E-state index is 13.1. The van der Waals surface area contributed by atoms with Gasteiger partial charge in [-0.25, -0.2) is 4.39 Å². The van der Waals surface area contributed by atoms with E-state index in [0.29, 0.717) is 5.56 Å². The van der Waals surface area contributed by atoms with Crippen molar-refractivity contribution in [3.8, 4) is 0 Å². The number of rotatable bonds is 2. The Kier molecular flexibility index (Phi) is 4.01. The van der Waals surface area contributed by atoms with E-state index in [1.165, 1.54) is 12.4 Å². The van der Waals surface area contributed by atoms with Crippen LogP contribution in [0.3, 0.4) is 0 Å². The number of aliphatic imine (C=N–C) groups is 1. The summed E-state index contributed by atoms with van der Waals surface area (Å²) >= 11 is 5.77. The van der Waals surface area contributed by atoms with E-state index in [1.807, 2.05) is 0 Å². The molecule has 0 aliphatic carbocycles. The number of nitrogens with zero attached hydrogens (tertiary/aromatic N) is 2. The van der Waals surface area contributed by atoms with Gasteiger partial charge in [-0.05, 0) is 24.6 Å². The molecule has 5 heteroatoms. The number of amides is 1. The number of benzene rings is 1. The van der Waals surface area contributed by atoms with Crippen molar-refractivity contribution in [1.82, 2.24) is 4.90 Å². The van der Waals surface area contributed by atoms with Crippen molar-refractivity contribution in [2.24, 2.45) is 4.99 Å². The van der Waals surface area contributed by atoms with Crippen LogP contribution in [0.25, 0.3) is 0 Å². The fourth-order valence-electron chi connectivity index (χ4n) is 1.11. The molecule has 3 nitrogen and oxygen atoms in total. The summed E-state index contributed by atoms with van der Waals surface area (Å²) in [6, 6.07) is 2.31. The average molecular weight is 243 g/mol. The van der Waals surface area contributed by atoms with Gasteiger partial charge in [-0.3, -0.25) is 4.79 Å². The van der Waals surface area contributed by atoms with E-state index in [1.54, 1.807) is 25.9 Å². The van der Waals surface area contributed by atoms with Gasteiger partial charge in [0.25, 0.3) is 5.91 Å². The predicted molar refractivity (Wildman–Crippen MR) is 62.7 cm³/mol. The lowest BCUT2D eigenvalue weighted by atomic mass is 10.1. The number of carbonyl (C=O) groups excluding carboxylic acids is 1. The largest absolute Gasteiger partial charge is 0.369 e. The molecule has 0 aromatic heterocycles. The van der Waals surface area contributed by atoms with Gasteiger partial charge in [0.15, 0.2) is 0 Å². The van der Waals surface area contributed by atoms with Gasteiger partial charge in [-0.15, -0.1) is 0 Å². The predicted octanol–water partition coefficient (Wildman–Crippen LogP) is 2.52. The van der Waals surface area contributed by atoms with Crippen LogP contribution in [0.15, 0.2) is 17.1 Å². The molecule has 0 spiro atoms. The van der Waals surface area contributed by atoms with Crippen molar-refractivity contribution in [2.75, 3.05) is 14.1 Å². The van der Waals surface area contributed by atoms with Gasteiger partial charge in [0.1, 0.15) is 5.82 Å². The molecule has 0 bridgehead atoms. The maximum Gasteiger partial charge on any atom is 0.278 e. The smallest absolute Gasteiger partial charge is 0.278 e. The average Bonchev–Trinajstić information content (AvgIpc) is 2.19. The first-order valence-corrected chi connectivity index (χ1v) is 5.00. The second-order valence-corrected chi connectivity index (χ2v) is 3.98. The van der Waals surface area contributed by atoms with Gasteiger partial charge in [-0.1, -0.05) is 11.6 Å². The van der Waals surface area contributed by atoms with Crippen LogP contribution in [0.2, 0.25) is 5.02 Å². The van der Waals surface area contributed by atoms with Crippen molar-refractivity contribution in [2.45, 2.75) is 6.92 Å². The Morgan fingerprint density at radius 1 is 1.50 bits per heavy atom. The van der Waals surface area contributed by atoms with E-state index in [2.05, 4.69) is 4.99 Å². The molecule has 0 saturated carbocycles. The van der Waals surface area contributed by atoms with Crippen LogP contribution in [0, 0.1) is 12.7 Å². The summed E-state index contributed by atoms with van der Waals surface area (Å²) in [4.78, 5) is 16.9. The third kappa shape index (κ3) is 3.03. The SMILES string of the molecule is Cc1c(Cl)cc(F)cc1C(=O)N=CN(C)C. The van der Waals surface area contributed by atoms with E-state index >= 15 is 0 Å². The summed E-state index contributed by atoms with van der Waals surface area (Å²) < 4.78 is 13.1. The standard InChI is InChI=1S/C11H12ClFN2O/c1-7-9(4-8(13)5-10(7)12)11(16)14-6-15(2)3/h4-6H,1-3H3. The highest BCUT2D eigenvalue weighted by molar-refractivity contribution is 6.31. The van der Waals surface area contributed by atoms with Crippen molar-refractivity contribution in [3.05, 3.63) is 34.1 Å². The third-order valence-corrected chi connectivity index (χ3v) is 2.34. The first-order chi connectivity index (χ1) is 7.41.